The summed E-state index contributed by atoms with van der Waals surface area (Å²) in [5.41, 5.74) is 12.6. The van der Waals surface area contributed by atoms with E-state index in [1.165, 1.54) is 57.3 Å². The zero-order chi connectivity index (χ0) is 39.3. The van der Waals surface area contributed by atoms with Gasteiger partial charge < -0.3 is 10.1 Å². The van der Waals surface area contributed by atoms with E-state index in [0.29, 0.717) is 5.56 Å². The fourth-order valence-electron chi connectivity index (χ4n) is 6.46. The first-order chi connectivity index (χ1) is 26.2. The van der Waals surface area contributed by atoms with Gasteiger partial charge in [0.25, 0.3) is 0 Å². The van der Waals surface area contributed by atoms with Crippen LogP contribution < -0.4 is 0 Å². The van der Waals surface area contributed by atoms with E-state index < -0.39 is 0 Å². The van der Waals surface area contributed by atoms with Gasteiger partial charge in [-0.05, 0) is 122 Å². The first kappa shape index (κ1) is 42.2. The smallest absolute Gasteiger partial charge is 0.189 e. The summed E-state index contributed by atoms with van der Waals surface area (Å²) >= 11 is 3.27. The van der Waals surface area contributed by atoms with Crippen molar-refractivity contribution < 1.29 is 30.0 Å². The van der Waals surface area contributed by atoms with Crippen LogP contribution in [0.15, 0.2) is 162 Å². The minimum atomic E-state index is -0.187. The number of aromatic nitrogens is 1. The molecule has 0 atom stereocenters. The SMILES string of the molecule is C/C(O)=C/C(=O)c1ccc(Br)cc1.CC(C)(C)c1ccc(-c2cc(-c3ccc(C(C)(C)C)cc3)cc(-c3cc[c-]c(-c4nccc5ccccc45)c3)c2)cc1.[Ir]. The van der Waals surface area contributed by atoms with Crippen molar-refractivity contribution in [2.45, 2.75) is 59.3 Å². The number of nitrogens with zero attached hydrogens (tertiary/aromatic N) is 1. The predicted molar refractivity (Wildman–Crippen MR) is 235 cm³/mol. The molecular weight excluding hydrogens is 931 g/mol. The van der Waals surface area contributed by atoms with Crippen molar-refractivity contribution in [3.8, 4) is 44.6 Å². The second kappa shape index (κ2) is 17.9. The average Bonchev–Trinajstić information content (AvgIpc) is 3.17. The number of hydrogen-bond donors (Lipinski definition) is 1. The van der Waals surface area contributed by atoms with Crippen molar-refractivity contribution in [1.29, 1.82) is 0 Å². The van der Waals surface area contributed by atoms with Gasteiger partial charge in [0.05, 0.1) is 5.76 Å². The monoisotopic (exact) mass is 977 g/mol. The number of hydrogen-bond acceptors (Lipinski definition) is 3. The molecule has 6 aromatic carbocycles. The Morgan fingerprint density at radius 3 is 1.68 bits per heavy atom. The zero-order valence-electron chi connectivity index (χ0n) is 32.9. The van der Waals surface area contributed by atoms with Crippen molar-refractivity contribution in [2.75, 3.05) is 0 Å². The van der Waals surface area contributed by atoms with Gasteiger partial charge in [-0.15, -0.1) is 35.4 Å². The fourth-order valence-corrected chi connectivity index (χ4v) is 6.72. The first-order valence-electron chi connectivity index (χ1n) is 18.6. The summed E-state index contributed by atoms with van der Waals surface area (Å²) in [6.07, 6.45) is 3.09. The molecule has 0 unspecified atom stereocenters. The third kappa shape index (κ3) is 10.5. The summed E-state index contributed by atoms with van der Waals surface area (Å²) in [4.78, 5) is 16.1. The van der Waals surface area contributed by atoms with Gasteiger partial charge in [0.1, 0.15) is 0 Å². The van der Waals surface area contributed by atoms with E-state index in [-0.39, 0.29) is 42.5 Å². The number of ketones is 1. The van der Waals surface area contributed by atoms with Gasteiger partial charge in [0, 0.05) is 42.4 Å². The quantitative estimate of drug-likeness (QED) is 0.0782. The summed E-state index contributed by atoms with van der Waals surface area (Å²) in [5, 5.41) is 11.2. The Balaban J connectivity index is 0.000000366. The molecule has 0 fully saturated rings. The van der Waals surface area contributed by atoms with E-state index >= 15 is 0 Å². The largest absolute Gasteiger partial charge is 0.512 e. The Hall–Kier alpha value is -4.93. The number of rotatable bonds is 6. The van der Waals surface area contributed by atoms with Crippen LogP contribution in [-0.2, 0) is 30.9 Å². The van der Waals surface area contributed by atoms with Gasteiger partial charge in [-0.3, -0.25) is 4.79 Å². The van der Waals surface area contributed by atoms with E-state index in [4.69, 9.17) is 10.1 Å². The second-order valence-corrected chi connectivity index (χ2v) is 16.9. The van der Waals surface area contributed by atoms with Crippen LogP contribution in [0.3, 0.4) is 0 Å². The summed E-state index contributed by atoms with van der Waals surface area (Å²) in [6, 6.07) is 52.4. The molecule has 285 valence electrons. The van der Waals surface area contributed by atoms with Gasteiger partial charge >= 0.3 is 0 Å². The number of allylic oxidation sites excluding steroid dienone is 2. The number of pyridine rings is 1. The van der Waals surface area contributed by atoms with E-state index in [0.717, 1.165) is 26.7 Å². The molecule has 0 saturated carbocycles. The van der Waals surface area contributed by atoms with Crippen LogP contribution in [0.5, 0.6) is 0 Å². The van der Waals surface area contributed by atoms with E-state index in [2.05, 4.69) is 173 Å². The molecule has 0 aliphatic carbocycles. The number of aliphatic hydroxyl groups excluding tert-OH is 1. The van der Waals surface area contributed by atoms with Crippen LogP contribution in [0.1, 0.15) is 70.0 Å². The summed E-state index contributed by atoms with van der Waals surface area (Å²) in [5.74, 6) is -0.166. The maximum absolute atomic E-state index is 11.3. The molecule has 7 aromatic rings. The molecule has 0 aliphatic rings. The number of fused-ring (bicyclic) bond motifs is 1. The summed E-state index contributed by atoms with van der Waals surface area (Å²) in [6.45, 7) is 15.0. The topological polar surface area (TPSA) is 50.2 Å². The molecule has 1 radical (unpaired) electrons. The second-order valence-electron chi connectivity index (χ2n) is 16.0. The maximum Gasteiger partial charge on any atom is 0.189 e. The number of carbonyl (C=O) groups is 1. The third-order valence-electron chi connectivity index (χ3n) is 9.63. The normalized spacial score (nSPS) is 11.7. The van der Waals surface area contributed by atoms with Crippen molar-refractivity contribution in [2.24, 2.45) is 0 Å². The van der Waals surface area contributed by atoms with Crippen molar-refractivity contribution >= 4 is 32.5 Å². The van der Waals surface area contributed by atoms with Gasteiger partial charge in [-0.25, -0.2) is 0 Å². The Bertz CT molecular complexity index is 2390. The molecule has 0 aliphatic heterocycles. The number of aliphatic hydroxyl groups is 1. The molecule has 56 heavy (non-hydrogen) atoms. The first-order valence-corrected chi connectivity index (χ1v) is 19.4. The molecule has 0 amide bonds. The minimum Gasteiger partial charge on any atom is -0.512 e. The molecule has 3 nitrogen and oxygen atoms in total. The van der Waals surface area contributed by atoms with E-state index in [1.54, 1.807) is 24.3 Å². The van der Waals surface area contributed by atoms with Crippen molar-refractivity contribution in [3.05, 3.63) is 185 Å². The number of carbonyl (C=O) groups excluding carboxylic acids is 1. The number of benzene rings is 6. The summed E-state index contributed by atoms with van der Waals surface area (Å²) < 4.78 is 0.925. The van der Waals surface area contributed by atoms with Crippen molar-refractivity contribution in [3.63, 3.8) is 0 Å². The molecule has 0 saturated heterocycles. The van der Waals surface area contributed by atoms with Crippen LogP contribution in [-0.4, -0.2) is 15.9 Å². The molecule has 0 bridgehead atoms. The molecule has 1 heterocycles. The Kier molecular flexibility index (Phi) is 13.5. The van der Waals surface area contributed by atoms with Gasteiger partial charge in [0.15, 0.2) is 5.78 Å². The van der Waals surface area contributed by atoms with Crippen LogP contribution in [0.25, 0.3) is 55.4 Å². The number of halogens is 1. The van der Waals surface area contributed by atoms with Gasteiger partial charge in [-0.2, -0.15) is 0 Å². The Morgan fingerprint density at radius 2 is 1.16 bits per heavy atom. The van der Waals surface area contributed by atoms with Gasteiger partial charge in [0.2, 0.25) is 0 Å². The van der Waals surface area contributed by atoms with E-state index in [9.17, 15) is 4.79 Å². The Morgan fingerprint density at radius 1 is 0.643 bits per heavy atom. The van der Waals surface area contributed by atoms with Crippen LogP contribution in [0, 0.1) is 6.07 Å². The zero-order valence-corrected chi connectivity index (χ0v) is 36.9. The van der Waals surface area contributed by atoms with Crippen LogP contribution in [0.4, 0.5) is 0 Å². The molecule has 0 spiro atoms. The fraction of sp³-hybridized carbons (Fsp3) is 0.176. The molecule has 5 heteroatoms. The molecule has 7 rings (SSSR count). The predicted octanol–water partition coefficient (Wildman–Crippen LogP) is 14.4. The molecule has 1 aromatic heterocycles. The Labute approximate surface area is 354 Å². The van der Waals surface area contributed by atoms with Gasteiger partial charge in [-0.1, -0.05) is 130 Å². The minimum absolute atomic E-state index is 0. The molecular formula is C51H47BrIrNO2-. The third-order valence-corrected chi connectivity index (χ3v) is 10.2. The van der Waals surface area contributed by atoms with E-state index in [1.807, 2.05) is 12.3 Å². The maximum atomic E-state index is 11.3. The molecule has 1 N–H and O–H groups in total. The van der Waals surface area contributed by atoms with Crippen LogP contribution >= 0.6 is 15.9 Å². The van der Waals surface area contributed by atoms with Crippen LogP contribution in [0.2, 0.25) is 0 Å². The standard InChI is InChI=1S/C41H38N.C10H9BrO2.Ir/c1-40(2,3)36-18-14-28(15-19-36)33-25-34(29-16-20-37(21-17-29)41(4,5)6)27-35(26-33)31-11-9-12-32(24-31)39-38-13-8-7-10-30(38)22-23-42-39;1-7(12)6-10(13)8-2-4-9(11)5-3-8;/h7-11,13-27H,1-6H3;2-6,12H,1H3;/q-1;;/b;7-6-;. The average molecular weight is 978 g/mol. The van der Waals surface area contributed by atoms with Crippen molar-refractivity contribution in [1.82, 2.24) is 4.98 Å². The summed E-state index contributed by atoms with van der Waals surface area (Å²) in [7, 11) is 0.